The molecular formula is C18H20Cl2F2N6O2S. The molecule has 31 heavy (non-hydrogen) atoms. The molecule has 3 rings (SSSR count). The van der Waals surface area contributed by atoms with Crippen molar-refractivity contribution >= 4 is 46.8 Å². The minimum absolute atomic E-state index is 0.0417. The number of thioether (sulfide) groups is 1. The van der Waals surface area contributed by atoms with E-state index in [4.69, 9.17) is 27.9 Å². The lowest BCUT2D eigenvalue weighted by molar-refractivity contribution is -0.00856. The molecular weight excluding hydrogens is 473 g/mol. The minimum atomic E-state index is -3.25. The predicted octanol–water partition coefficient (Wildman–Crippen LogP) is 4.43. The predicted molar refractivity (Wildman–Crippen MR) is 114 cm³/mol. The summed E-state index contributed by atoms with van der Waals surface area (Å²) in [4.78, 5) is 21.4. The summed E-state index contributed by atoms with van der Waals surface area (Å²) in [5, 5.41) is 13.4. The first-order valence-corrected chi connectivity index (χ1v) is 11.3. The number of carbonyl (C=O) groups excluding carboxylic acids is 1. The highest BCUT2D eigenvalue weighted by atomic mass is 35.5. The van der Waals surface area contributed by atoms with Crippen LogP contribution in [0.25, 0.3) is 0 Å². The second-order valence-corrected chi connectivity index (χ2v) is 7.52. The molecule has 1 aliphatic heterocycles. The number of rotatable bonds is 4. The number of nitriles is 1. The van der Waals surface area contributed by atoms with Gasteiger partial charge in [0, 0.05) is 0 Å². The fourth-order valence-corrected chi connectivity index (χ4v) is 3.73. The Hall–Kier alpha value is -2.16. The highest BCUT2D eigenvalue weighted by Gasteiger charge is 2.40. The second kappa shape index (κ2) is 10.4. The van der Waals surface area contributed by atoms with Crippen molar-refractivity contribution in [2.45, 2.75) is 44.9 Å². The summed E-state index contributed by atoms with van der Waals surface area (Å²) in [7, 11) is 0. The van der Waals surface area contributed by atoms with Gasteiger partial charge in [-0.3, -0.25) is 4.68 Å². The van der Waals surface area contributed by atoms with Crippen LogP contribution < -0.4 is 4.90 Å². The zero-order chi connectivity index (χ0) is 23.3. The van der Waals surface area contributed by atoms with E-state index in [9.17, 15) is 18.8 Å². The van der Waals surface area contributed by atoms with Gasteiger partial charge in [0.05, 0.1) is 30.4 Å². The molecule has 0 atom stereocenters. The van der Waals surface area contributed by atoms with Crippen LogP contribution >= 0.6 is 35.0 Å². The molecule has 8 nitrogen and oxygen atoms in total. The van der Waals surface area contributed by atoms with E-state index in [0.717, 1.165) is 16.4 Å². The maximum atomic E-state index is 14.7. The average Bonchev–Trinajstić information content (AvgIpc) is 2.94. The fourth-order valence-electron chi connectivity index (χ4n) is 2.84. The van der Waals surface area contributed by atoms with Gasteiger partial charge in [-0.1, -0.05) is 48.8 Å². The van der Waals surface area contributed by atoms with Crippen molar-refractivity contribution in [1.29, 1.82) is 5.26 Å². The normalized spacial score (nSPS) is 14.6. The molecule has 1 aliphatic rings. The summed E-state index contributed by atoms with van der Waals surface area (Å²) in [5.74, 6) is -4.10. The fraction of sp³-hybridized carbons (Fsp3) is 0.500. The van der Waals surface area contributed by atoms with Crippen molar-refractivity contribution in [1.82, 2.24) is 19.7 Å². The molecule has 168 valence electrons. The minimum Gasteiger partial charge on any atom is -0.461 e. The Labute approximate surface area is 192 Å². The largest absolute Gasteiger partial charge is 0.461 e. The molecule has 0 spiro atoms. The van der Waals surface area contributed by atoms with E-state index in [1.165, 1.54) is 4.90 Å². The van der Waals surface area contributed by atoms with Gasteiger partial charge in [-0.2, -0.15) is 10.4 Å². The number of esters is 1. The molecule has 0 aliphatic carbocycles. The van der Waals surface area contributed by atoms with Crippen molar-refractivity contribution < 1.29 is 18.3 Å². The Kier molecular flexibility index (Phi) is 8.45. The Bertz CT molecular complexity index is 1010. The van der Waals surface area contributed by atoms with Gasteiger partial charge in [0.1, 0.15) is 18.2 Å². The van der Waals surface area contributed by atoms with Crippen molar-refractivity contribution in [3.8, 4) is 6.07 Å². The van der Waals surface area contributed by atoms with Gasteiger partial charge in [-0.25, -0.2) is 23.5 Å². The number of ether oxygens (including phenoxy) is 1. The molecule has 0 unspecified atom stereocenters. The molecule has 0 fully saturated rings. The number of fused-ring (bicyclic) bond motifs is 1. The Balaban J connectivity index is 0.00000166. The highest BCUT2D eigenvalue weighted by Crippen LogP contribution is 2.35. The van der Waals surface area contributed by atoms with Crippen LogP contribution in [0, 0.1) is 11.3 Å². The van der Waals surface area contributed by atoms with E-state index in [-0.39, 0.29) is 51.3 Å². The van der Waals surface area contributed by atoms with E-state index in [1.807, 2.05) is 19.9 Å². The summed E-state index contributed by atoms with van der Waals surface area (Å²) in [6.07, 6.45) is 1.69. The van der Waals surface area contributed by atoms with E-state index in [1.54, 1.807) is 13.2 Å². The van der Waals surface area contributed by atoms with E-state index >= 15 is 0 Å². The van der Waals surface area contributed by atoms with Crippen LogP contribution in [0.2, 0.25) is 10.2 Å². The van der Waals surface area contributed by atoms with Crippen molar-refractivity contribution in [2.24, 2.45) is 0 Å². The third-order valence-electron chi connectivity index (χ3n) is 4.03. The van der Waals surface area contributed by atoms with Crippen LogP contribution in [0.1, 0.15) is 42.5 Å². The SMILES string of the molecule is CC.CCOC(=O)c1nn2c(c1Cl)CN(c1nc(SC)nc(Cl)c1C#N)CC(F)(F)C2. The lowest BCUT2D eigenvalue weighted by Crippen LogP contribution is -2.37. The van der Waals surface area contributed by atoms with E-state index in [0.29, 0.717) is 0 Å². The maximum absolute atomic E-state index is 14.7. The zero-order valence-electron chi connectivity index (χ0n) is 17.2. The van der Waals surface area contributed by atoms with Crippen molar-refractivity contribution in [2.75, 3.05) is 24.3 Å². The highest BCUT2D eigenvalue weighted by molar-refractivity contribution is 7.98. The molecule has 3 heterocycles. The Morgan fingerprint density at radius 1 is 1.32 bits per heavy atom. The molecule has 2 aromatic heterocycles. The van der Waals surface area contributed by atoms with Crippen LogP contribution in [0.5, 0.6) is 0 Å². The Morgan fingerprint density at radius 3 is 2.58 bits per heavy atom. The van der Waals surface area contributed by atoms with Crippen molar-refractivity contribution in [3.63, 3.8) is 0 Å². The lowest BCUT2D eigenvalue weighted by Gasteiger charge is -2.25. The van der Waals surface area contributed by atoms with E-state index in [2.05, 4.69) is 15.1 Å². The number of alkyl halides is 2. The van der Waals surface area contributed by atoms with Crippen LogP contribution in [0.4, 0.5) is 14.6 Å². The summed E-state index contributed by atoms with van der Waals surface area (Å²) in [6.45, 7) is 3.97. The molecule has 0 amide bonds. The molecule has 0 aromatic carbocycles. The van der Waals surface area contributed by atoms with Crippen LogP contribution in [-0.2, 0) is 17.8 Å². The molecule has 0 N–H and O–H groups in total. The third kappa shape index (κ3) is 5.37. The smallest absolute Gasteiger partial charge is 0.360 e. The monoisotopic (exact) mass is 492 g/mol. The second-order valence-electron chi connectivity index (χ2n) is 6.01. The van der Waals surface area contributed by atoms with Crippen molar-refractivity contribution in [3.05, 3.63) is 27.1 Å². The maximum Gasteiger partial charge on any atom is 0.360 e. The standard InChI is InChI=1S/C16H14Cl2F2N6O2S.C2H6/c1-3-28-14(27)11-10(17)9-5-25(6-16(19,20)7-26(9)24-11)13-8(4-21)12(18)22-15(23-13)29-2;1-2/h3,5-7H2,1-2H3;1-2H3. The summed E-state index contributed by atoms with van der Waals surface area (Å²) < 4.78 is 35.2. The Morgan fingerprint density at radius 2 is 2.00 bits per heavy atom. The van der Waals surface area contributed by atoms with E-state index < -0.39 is 25.0 Å². The average molecular weight is 493 g/mol. The number of carbonyl (C=O) groups is 1. The zero-order valence-corrected chi connectivity index (χ0v) is 19.6. The summed E-state index contributed by atoms with van der Waals surface area (Å²) in [6, 6.07) is 1.86. The van der Waals surface area contributed by atoms with Crippen LogP contribution in [0.3, 0.4) is 0 Å². The van der Waals surface area contributed by atoms with Gasteiger partial charge >= 0.3 is 5.97 Å². The topological polar surface area (TPSA) is 96.9 Å². The molecule has 13 heteroatoms. The number of anilines is 1. The lowest BCUT2D eigenvalue weighted by atomic mass is 10.2. The quantitative estimate of drug-likeness (QED) is 0.267. The number of aromatic nitrogens is 4. The molecule has 0 radical (unpaired) electrons. The number of hydrogen-bond acceptors (Lipinski definition) is 8. The number of hydrogen-bond donors (Lipinski definition) is 0. The van der Waals surface area contributed by atoms with Gasteiger partial charge in [-0.05, 0) is 13.2 Å². The number of nitrogens with zero attached hydrogens (tertiary/aromatic N) is 6. The van der Waals surface area contributed by atoms with Gasteiger partial charge in [-0.15, -0.1) is 0 Å². The van der Waals surface area contributed by atoms with Gasteiger partial charge in [0.2, 0.25) is 0 Å². The first-order chi connectivity index (χ1) is 14.7. The molecule has 0 saturated heterocycles. The van der Waals surface area contributed by atoms with Gasteiger partial charge in [0.25, 0.3) is 5.92 Å². The first-order valence-electron chi connectivity index (χ1n) is 9.27. The first kappa shape index (κ1) is 25.1. The summed E-state index contributed by atoms with van der Waals surface area (Å²) >= 11 is 13.5. The number of halogens is 4. The van der Waals surface area contributed by atoms with Gasteiger partial charge in [0.15, 0.2) is 21.8 Å². The summed E-state index contributed by atoms with van der Waals surface area (Å²) in [5.41, 5.74) is -0.196. The molecule has 0 saturated carbocycles. The van der Waals surface area contributed by atoms with Crippen LogP contribution in [-0.4, -0.2) is 51.0 Å². The third-order valence-corrected chi connectivity index (χ3v) is 5.24. The molecule has 0 bridgehead atoms. The van der Waals surface area contributed by atoms with Gasteiger partial charge < -0.3 is 9.64 Å². The molecule has 2 aromatic rings. The van der Waals surface area contributed by atoms with Crippen LogP contribution in [0.15, 0.2) is 5.16 Å².